The van der Waals surface area contributed by atoms with Crippen LogP contribution in [0.5, 0.6) is 0 Å². The van der Waals surface area contributed by atoms with Gasteiger partial charge in [0.2, 0.25) is 0 Å². The molecule has 8 nitrogen and oxygen atoms in total. The lowest BCUT2D eigenvalue weighted by Crippen LogP contribution is -2.59. The number of fused-ring (bicyclic) bond motifs is 3. The van der Waals surface area contributed by atoms with Gasteiger partial charge in [-0.1, -0.05) is 0 Å². The van der Waals surface area contributed by atoms with Crippen LogP contribution in [-0.2, 0) is 33.2 Å². The summed E-state index contributed by atoms with van der Waals surface area (Å²) in [6.45, 7) is 7.03. The van der Waals surface area contributed by atoms with E-state index in [0.717, 1.165) is 0 Å². The molecule has 0 radical (unpaired) electrons. The van der Waals surface area contributed by atoms with Crippen LogP contribution in [0.1, 0.15) is 27.7 Å². The summed E-state index contributed by atoms with van der Waals surface area (Å²) in [5, 5.41) is 10.2. The summed E-state index contributed by atoms with van der Waals surface area (Å²) in [5.74, 6) is -2.52. The molecule has 3 fully saturated rings. The Kier molecular flexibility index (Phi) is 3.75. The summed E-state index contributed by atoms with van der Waals surface area (Å²) in [6.07, 6.45) is -4.88. The molecule has 3 aliphatic heterocycles. The first-order valence-corrected chi connectivity index (χ1v) is 7.26. The highest BCUT2D eigenvalue weighted by Gasteiger charge is 2.62. The molecule has 0 spiro atoms. The molecule has 8 heteroatoms. The van der Waals surface area contributed by atoms with Gasteiger partial charge in [-0.25, -0.2) is 4.79 Å². The summed E-state index contributed by atoms with van der Waals surface area (Å²) in [4.78, 5) is 11.7. The van der Waals surface area contributed by atoms with Gasteiger partial charge in [-0.3, -0.25) is 0 Å². The maximum Gasteiger partial charge on any atom is 0.337 e. The number of aliphatic hydroxyl groups excluding tert-OH is 1. The second kappa shape index (κ2) is 5.12. The molecule has 22 heavy (non-hydrogen) atoms. The summed E-state index contributed by atoms with van der Waals surface area (Å²) < 4.78 is 33.5. The maximum absolute atomic E-state index is 11.7. The van der Waals surface area contributed by atoms with Gasteiger partial charge in [-0.2, -0.15) is 0 Å². The van der Waals surface area contributed by atoms with Crippen LogP contribution in [0.2, 0.25) is 0 Å². The van der Waals surface area contributed by atoms with Gasteiger partial charge in [0.05, 0.1) is 7.11 Å². The summed E-state index contributed by atoms with van der Waals surface area (Å²) in [6, 6.07) is 0. The average molecular weight is 318 g/mol. The van der Waals surface area contributed by atoms with Crippen LogP contribution in [0.15, 0.2) is 0 Å². The fourth-order valence-corrected chi connectivity index (χ4v) is 3.15. The first-order chi connectivity index (χ1) is 10.1. The zero-order chi connectivity index (χ0) is 16.3. The Bertz CT molecular complexity index is 462. The molecular weight excluding hydrogens is 296 g/mol. The van der Waals surface area contributed by atoms with E-state index in [2.05, 4.69) is 4.74 Å². The molecule has 0 unspecified atom stereocenters. The number of aliphatic hydroxyl groups is 1. The molecule has 3 aliphatic rings. The summed E-state index contributed by atoms with van der Waals surface area (Å²) >= 11 is 0. The van der Waals surface area contributed by atoms with E-state index in [9.17, 15) is 9.90 Å². The Morgan fingerprint density at radius 2 is 1.55 bits per heavy atom. The van der Waals surface area contributed by atoms with Crippen molar-refractivity contribution in [1.29, 1.82) is 0 Å². The van der Waals surface area contributed by atoms with E-state index in [1.807, 2.05) is 0 Å². The fourth-order valence-electron chi connectivity index (χ4n) is 3.15. The molecular formula is C14H22O8. The molecule has 0 saturated carbocycles. The van der Waals surface area contributed by atoms with E-state index in [1.54, 1.807) is 27.7 Å². The van der Waals surface area contributed by atoms with Crippen LogP contribution in [0, 0.1) is 0 Å². The van der Waals surface area contributed by atoms with Crippen molar-refractivity contribution in [3.05, 3.63) is 0 Å². The van der Waals surface area contributed by atoms with Crippen LogP contribution in [0.25, 0.3) is 0 Å². The average Bonchev–Trinajstić information content (AvgIpc) is 2.90. The lowest BCUT2D eigenvalue weighted by Gasteiger charge is -2.38. The highest BCUT2D eigenvalue weighted by atomic mass is 16.9. The lowest BCUT2D eigenvalue weighted by atomic mass is 9.95. The van der Waals surface area contributed by atoms with Gasteiger partial charge < -0.3 is 33.5 Å². The van der Waals surface area contributed by atoms with Gasteiger partial charge in [0, 0.05) is 0 Å². The standard InChI is InChI=1S/C14H22O8/c1-13(2)19-8-7(6(15)11(16)17-5)18-12-10(9(8)20-13)21-14(3,4)22-12/h6-10,12,15H,1-5H3/t6-,7+,8-,9-,10+,12+/m0/s1. The van der Waals surface area contributed by atoms with Gasteiger partial charge >= 0.3 is 5.97 Å². The van der Waals surface area contributed by atoms with Crippen molar-refractivity contribution >= 4 is 5.97 Å². The van der Waals surface area contributed by atoms with E-state index in [1.165, 1.54) is 7.11 Å². The number of rotatable bonds is 2. The van der Waals surface area contributed by atoms with E-state index in [-0.39, 0.29) is 0 Å². The normalized spacial score (nSPS) is 43.3. The van der Waals surface area contributed by atoms with Crippen molar-refractivity contribution in [1.82, 2.24) is 0 Å². The predicted octanol–water partition coefficient (Wildman–Crippen LogP) is -0.0832. The van der Waals surface area contributed by atoms with Gasteiger partial charge in [-0.15, -0.1) is 0 Å². The maximum atomic E-state index is 11.7. The molecule has 0 bridgehead atoms. The first kappa shape index (κ1) is 16.1. The summed E-state index contributed by atoms with van der Waals surface area (Å²) in [5.41, 5.74) is 0. The zero-order valence-electron chi connectivity index (χ0n) is 13.3. The molecule has 0 aromatic heterocycles. The SMILES string of the molecule is COC(=O)[C@@H](O)[C@H]1O[C@@H]2OC(C)(C)O[C@@H]2[C@H]2OC(C)(C)O[C@H]21. The third-order valence-electron chi connectivity index (χ3n) is 3.94. The minimum absolute atomic E-state index is 0.497. The predicted molar refractivity (Wildman–Crippen MR) is 70.5 cm³/mol. The van der Waals surface area contributed by atoms with E-state index < -0.39 is 54.4 Å². The molecule has 0 aromatic rings. The van der Waals surface area contributed by atoms with Crippen molar-refractivity contribution < 1.29 is 38.3 Å². The lowest BCUT2D eigenvalue weighted by molar-refractivity contribution is -0.253. The summed E-state index contributed by atoms with van der Waals surface area (Å²) in [7, 11) is 1.20. The van der Waals surface area contributed by atoms with Crippen LogP contribution >= 0.6 is 0 Å². The number of ether oxygens (including phenoxy) is 6. The van der Waals surface area contributed by atoms with Crippen molar-refractivity contribution in [2.75, 3.05) is 7.11 Å². The Balaban J connectivity index is 1.88. The second-order valence-electron chi connectivity index (χ2n) is 6.60. The highest BCUT2D eigenvalue weighted by Crippen LogP contribution is 2.44. The second-order valence-corrected chi connectivity index (χ2v) is 6.60. The Morgan fingerprint density at radius 1 is 1.00 bits per heavy atom. The molecule has 6 atom stereocenters. The molecule has 3 saturated heterocycles. The minimum Gasteiger partial charge on any atom is -0.467 e. The molecule has 0 aliphatic carbocycles. The van der Waals surface area contributed by atoms with E-state index in [0.29, 0.717) is 0 Å². The quantitative estimate of drug-likeness (QED) is 0.707. The van der Waals surface area contributed by atoms with Crippen LogP contribution in [0.4, 0.5) is 0 Å². The molecule has 3 rings (SSSR count). The first-order valence-electron chi connectivity index (χ1n) is 7.26. The molecule has 1 N–H and O–H groups in total. The zero-order valence-corrected chi connectivity index (χ0v) is 13.3. The number of esters is 1. The number of carbonyl (C=O) groups is 1. The largest absolute Gasteiger partial charge is 0.467 e. The fraction of sp³-hybridized carbons (Fsp3) is 0.929. The topological polar surface area (TPSA) is 92.7 Å². The van der Waals surface area contributed by atoms with Gasteiger partial charge in [0.25, 0.3) is 0 Å². The molecule has 0 aromatic carbocycles. The van der Waals surface area contributed by atoms with Gasteiger partial charge in [0.15, 0.2) is 24.0 Å². The van der Waals surface area contributed by atoms with Gasteiger partial charge in [0.1, 0.15) is 24.4 Å². The third kappa shape index (κ3) is 2.64. The highest BCUT2D eigenvalue weighted by molar-refractivity contribution is 5.75. The van der Waals surface area contributed by atoms with Crippen LogP contribution < -0.4 is 0 Å². The van der Waals surface area contributed by atoms with E-state index >= 15 is 0 Å². The van der Waals surface area contributed by atoms with Crippen LogP contribution in [-0.4, -0.2) is 66.6 Å². The number of methoxy groups -OCH3 is 1. The van der Waals surface area contributed by atoms with Crippen molar-refractivity contribution in [2.45, 2.75) is 76.1 Å². The Labute approximate surface area is 128 Å². The minimum atomic E-state index is -1.50. The Morgan fingerprint density at radius 3 is 2.18 bits per heavy atom. The van der Waals surface area contributed by atoms with Crippen molar-refractivity contribution in [3.8, 4) is 0 Å². The Hall–Kier alpha value is -0.770. The van der Waals surface area contributed by atoms with E-state index in [4.69, 9.17) is 23.7 Å². The third-order valence-corrected chi connectivity index (χ3v) is 3.94. The monoisotopic (exact) mass is 318 g/mol. The number of hydrogen-bond donors (Lipinski definition) is 1. The number of carbonyl (C=O) groups excluding carboxylic acids is 1. The number of hydrogen-bond acceptors (Lipinski definition) is 8. The molecule has 0 amide bonds. The van der Waals surface area contributed by atoms with Gasteiger partial charge in [-0.05, 0) is 27.7 Å². The van der Waals surface area contributed by atoms with Crippen molar-refractivity contribution in [2.24, 2.45) is 0 Å². The molecule has 126 valence electrons. The van der Waals surface area contributed by atoms with Crippen LogP contribution in [0.3, 0.4) is 0 Å². The van der Waals surface area contributed by atoms with Crippen molar-refractivity contribution in [3.63, 3.8) is 0 Å². The smallest absolute Gasteiger partial charge is 0.337 e. The molecule has 3 heterocycles.